The number of aliphatic hydroxyl groups excluding tert-OH is 10. The Bertz CT molecular complexity index is 4600. The first-order valence-corrected chi connectivity index (χ1v) is 60.5. The lowest BCUT2D eigenvalue weighted by molar-refractivity contribution is -0.0404. The second-order valence-corrected chi connectivity index (χ2v) is 59.8. The number of hydrogen-bond acceptors (Lipinski definition) is 30. The summed E-state index contributed by atoms with van der Waals surface area (Å²) in [6.07, 6.45) is 21.4. The van der Waals surface area contributed by atoms with E-state index in [1.54, 1.807) is 12.4 Å². The minimum Gasteiger partial charge on any atom is -0.388 e. The maximum atomic E-state index is 12.2. The van der Waals surface area contributed by atoms with Crippen LogP contribution in [0.2, 0.25) is 0 Å². The molecule has 5 aliphatic heterocycles. The first-order valence-electron chi connectivity index (χ1n) is 44.4. The molecule has 5 aliphatic rings. The molecule has 0 amide bonds. The van der Waals surface area contributed by atoms with Gasteiger partial charge in [-0.05, 0) is 219 Å². The van der Waals surface area contributed by atoms with E-state index in [1.165, 1.54) is 36.9 Å². The van der Waals surface area contributed by atoms with Crippen LogP contribution >= 0.6 is 58.9 Å². The van der Waals surface area contributed by atoms with Crippen LogP contribution in [0, 0.1) is 9.54 Å². The molecule has 0 radical (unpaired) electrons. The normalized spacial score (nSPS) is 26.3. The van der Waals surface area contributed by atoms with Gasteiger partial charge in [-0.15, -0.1) is 65.9 Å². The van der Waals surface area contributed by atoms with Crippen molar-refractivity contribution in [1.29, 1.82) is 0 Å². The molecule has 0 bridgehead atoms. The van der Waals surface area contributed by atoms with Crippen molar-refractivity contribution in [1.82, 2.24) is 74.3 Å². The fourth-order valence-electron chi connectivity index (χ4n) is 14.6. The summed E-state index contributed by atoms with van der Waals surface area (Å²) < 4.78 is 36.4. The number of rotatable bonds is 40. The van der Waals surface area contributed by atoms with E-state index in [0.29, 0.717) is 68.4 Å². The number of H-pyrrole nitrogens is 5. The fraction of sp³-hybridized carbons (Fsp3) is 0.706. The van der Waals surface area contributed by atoms with Crippen molar-refractivity contribution in [2.45, 2.75) is 254 Å². The maximum Gasteiger partial charge on any atom is 0.330 e. The summed E-state index contributed by atoms with van der Waals surface area (Å²) in [5, 5.41) is 119. The van der Waals surface area contributed by atoms with Crippen molar-refractivity contribution in [3.05, 3.63) is 152 Å². The number of aromatic amines is 5. The predicted molar refractivity (Wildman–Crippen MR) is 532 cm³/mol. The molecule has 20 N–H and O–H groups in total. The number of nitrogens with one attached hydrogen (secondary N) is 10. The topological polar surface area (TPSA) is 549 Å². The van der Waals surface area contributed by atoms with Gasteiger partial charge in [0.25, 0.3) is 27.8 Å². The van der Waals surface area contributed by atoms with Crippen LogP contribution < -0.4 is 71.4 Å². The van der Waals surface area contributed by atoms with Gasteiger partial charge >= 0.3 is 17.1 Å². The van der Waals surface area contributed by atoms with Crippen molar-refractivity contribution in [2.75, 3.05) is 130 Å². The first-order chi connectivity index (χ1) is 60.7. The molecule has 20 atom stereocenters. The molecule has 0 unspecified atom stereocenters. The van der Waals surface area contributed by atoms with Crippen LogP contribution in [0.3, 0.4) is 0 Å². The highest BCUT2D eigenvalue weighted by molar-refractivity contribution is 7.73. The van der Waals surface area contributed by atoms with Crippen LogP contribution in [0.1, 0.15) is 158 Å². The molecule has 130 heavy (non-hydrogen) atoms. The summed E-state index contributed by atoms with van der Waals surface area (Å²) in [5.41, 5.74) is -2.28. The van der Waals surface area contributed by atoms with Gasteiger partial charge in [0, 0.05) is 67.3 Å². The Morgan fingerprint density at radius 2 is 0.562 bits per heavy atom. The van der Waals surface area contributed by atoms with E-state index < -0.39 is 191 Å². The van der Waals surface area contributed by atoms with Crippen LogP contribution in [0.4, 0.5) is 0 Å². The van der Waals surface area contributed by atoms with E-state index in [4.69, 9.17) is 48.1 Å². The van der Waals surface area contributed by atoms with Crippen LogP contribution in [0.25, 0.3) is 0 Å². The summed E-state index contributed by atoms with van der Waals surface area (Å²) in [6.45, 7) is 30.1. The molecule has 5 aromatic heterocycles. The maximum absolute atomic E-state index is 12.2. The molecule has 5 saturated heterocycles. The number of aliphatic hydroxyl groups is 10. The Morgan fingerprint density at radius 3 is 0.838 bits per heavy atom. The second-order valence-electron chi connectivity index (χ2n) is 37.5. The molecule has 38 nitrogen and oxygen atoms in total. The van der Waals surface area contributed by atoms with Crippen LogP contribution in [0.5, 0.6) is 0 Å². The zero-order valence-electron chi connectivity index (χ0n) is 78.2. The van der Waals surface area contributed by atoms with E-state index in [-0.39, 0.29) is 45.1 Å². The molecule has 5 aromatic rings. The number of aromatic nitrogens is 10. The third-order valence-corrected chi connectivity index (χ3v) is 30.1. The smallest absolute Gasteiger partial charge is 0.330 e. The van der Waals surface area contributed by atoms with E-state index in [1.807, 2.05) is 34.6 Å². The molecule has 0 aliphatic carbocycles. The molecule has 0 saturated carbocycles. The lowest BCUT2D eigenvalue weighted by Gasteiger charge is -2.20. The SMILES string of the molecule is C=P(C)(C)CC[C@H]1O[C@@H](c2cn(CNCCC)c(=O)[nH]c2=O)[C@H](O)[C@@H]1O.C=P(C)(C)CC[C@H]1O[C@@H](c2cn(CNCCC)c(=O)[nH]c2=O)[C@H](O)[C@@H]1O.C=P(C)(C)CC[C@H]1O[C@@H](n2cc(CNCCC)c(=O)[nH]c2=O)[C@H](O)[C@@H]1O.C=P(C)(C)CC[C@H]1O[C@@H](n2cc(CNCCC)c(=O)[nH]c2=S)[C@H](O)[C@@H]1O.C=P(C)(C)CC[C@H]1O[C@@H](n2cc(CNCCC)c(=O)[nH]c2=S)[C@H](O)[C@@H]1O. The fourth-order valence-corrected chi connectivity index (χ4v) is 19.9. The van der Waals surface area contributed by atoms with Crippen molar-refractivity contribution in [2.24, 2.45) is 0 Å². The van der Waals surface area contributed by atoms with Gasteiger partial charge in [0.1, 0.15) is 73.2 Å². The molecule has 5 fully saturated rings. The highest BCUT2D eigenvalue weighted by Gasteiger charge is 2.49. The van der Waals surface area contributed by atoms with Gasteiger partial charge in [0.15, 0.2) is 28.2 Å². The lowest BCUT2D eigenvalue weighted by Crippen LogP contribution is -2.39. The summed E-state index contributed by atoms with van der Waals surface area (Å²) in [6, 6.07) is 0. The molecular formula is C85H150N15O23P5S2. The summed E-state index contributed by atoms with van der Waals surface area (Å²) in [4.78, 5) is 109. The highest BCUT2D eigenvalue weighted by atomic mass is 32.1. The Labute approximate surface area is 771 Å². The molecule has 45 heteroatoms. The standard InChI is InChI=1S/3C17H30N3O5P.2C17H30N3O4PS/c2*1-5-7-18-10-20-9-11(16(23)19-17(20)24)15-14(22)13(21)12(25-15)6-8-26(2,3)4;1-5-7-18-9-11-10-20(17(24)19-15(11)23)16-14(22)13(21)12(25-16)6-8-26(2,3)4;2*1-5-7-18-9-11-10-20(17(26)19-15(11)23)16-14(22)13(21)12(24-16)6-8-25(2,3)4/h2*9,12-15,18,21-22H,2,5-8,10H2,1,3-4H3,(H,19,23,24);10,12-14,16,18,21-22H,2,5-9H2,1,3-4H3,(H,19,23,24);2*10,12-14,16,18,21-22H,2,5-9H2,1,3-4H3,(H,19,23,26)/t2*12-,13-,14-,15+;3*12-,13-,14-,16-/m11111/s1. The average Bonchev–Trinajstić information content (AvgIpc) is 1.62. The molecule has 0 aromatic carbocycles. The Balaban J connectivity index is 0.000000250. The van der Waals surface area contributed by atoms with Gasteiger partial charge in [-0.2, -0.15) is 0 Å². The van der Waals surface area contributed by atoms with Crippen LogP contribution in [-0.2, 0) is 56.7 Å². The van der Waals surface area contributed by atoms with Crippen molar-refractivity contribution in [3.63, 3.8) is 0 Å². The van der Waals surface area contributed by atoms with Gasteiger partial charge in [-0.3, -0.25) is 82.4 Å². The Kier molecular flexibility index (Phi) is 45.4. The van der Waals surface area contributed by atoms with Crippen molar-refractivity contribution < 1.29 is 74.7 Å². The zero-order valence-corrected chi connectivity index (χ0v) is 84.3. The Hall–Kier alpha value is -5.06. The van der Waals surface area contributed by atoms with Crippen LogP contribution in [0.15, 0.2) is 69.3 Å². The number of nitrogens with zero attached hydrogens (tertiary/aromatic N) is 5. The predicted octanol–water partition coefficient (Wildman–Crippen LogP) is 1.51. The van der Waals surface area contributed by atoms with Crippen molar-refractivity contribution >= 4 is 90.4 Å². The Morgan fingerprint density at radius 1 is 0.323 bits per heavy atom. The molecule has 10 rings (SSSR count). The molecule has 0 spiro atoms. The molecule has 740 valence electrons. The summed E-state index contributed by atoms with van der Waals surface area (Å²) >= 11 is 10.5. The minimum atomic E-state index is -1.29. The van der Waals surface area contributed by atoms with E-state index in [0.717, 1.165) is 100 Å². The van der Waals surface area contributed by atoms with E-state index in [9.17, 15) is 89.4 Å². The monoisotopic (exact) mass is 1970 g/mol. The molecule has 10 heterocycles. The number of ether oxygens (including phenoxy) is 5. The highest BCUT2D eigenvalue weighted by Crippen LogP contribution is 2.45. The number of hydrogen-bond donors (Lipinski definition) is 20. The van der Waals surface area contributed by atoms with Gasteiger partial charge in [-0.25, -0.2) is 14.4 Å². The first kappa shape index (κ1) is 114. The van der Waals surface area contributed by atoms with Gasteiger partial charge in [-0.1, -0.05) is 34.6 Å². The largest absolute Gasteiger partial charge is 0.388 e. The summed E-state index contributed by atoms with van der Waals surface area (Å²) in [5.74, 6) is 0. The second kappa shape index (κ2) is 51.9. The minimum absolute atomic E-state index is 0.139. The van der Waals surface area contributed by atoms with Gasteiger partial charge in [0.2, 0.25) is 0 Å². The zero-order chi connectivity index (χ0) is 97.4. The van der Waals surface area contributed by atoms with Gasteiger partial charge in [0.05, 0.1) is 55.0 Å². The summed E-state index contributed by atoms with van der Waals surface area (Å²) in [7, 11) is 0. The van der Waals surface area contributed by atoms with Gasteiger partial charge < -0.3 is 90.7 Å². The quantitative estimate of drug-likeness (QED) is 0.0150. The van der Waals surface area contributed by atoms with Crippen molar-refractivity contribution in [3.8, 4) is 0 Å². The molecular weight excluding hydrogens is 1820 g/mol. The average molecular weight is 1970 g/mol. The van der Waals surface area contributed by atoms with E-state index >= 15 is 0 Å². The lowest BCUT2D eigenvalue weighted by atomic mass is 10.0. The third-order valence-electron chi connectivity index (χ3n) is 22.1. The van der Waals surface area contributed by atoms with Crippen LogP contribution in [-0.4, -0.2) is 352 Å². The third kappa shape index (κ3) is 34.6. The van der Waals surface area contributed by atoms with E-state index in [2.05, 4.69) is 150 Å².